The highest BCUT2D eigenvalue weighted by Crippen LogP contribution is 2.20. The molecule has 2 aromatic rings. The number of hydrogen-bond acceptors (Lipinski definition) is 2. The average Bonchev–Trinajstić information content (AvgIpc) is 2.40. The molecule has 0 radical (unpaired) electrons. The molecule has 5 heteroatoms. The largest absolute Gasteiger partial charge is 0.348 e. The summed E-state index contributed by atoms with van der Waals surface area (Å²) in [7, 11) is 0. The highest BCUT2D eigenvalue weighted by Gasteiger charge is 2.09. The monoisotopic (exact) mass is 399 g/mol. The van der Waals surface area contributed by atoms with Gasteiger partial charge in [0.2, 0.25) is 0 Å². The fraction of sp³-hybridized carbons (Fsp3) is 0.0714. The fourth-order valence-electron chi connectivity index (χ4n) is 1.57. The Hall–Kier alpha value is -0.780. The molecule has 0 atom stereocenters. The van der Waals surface area contributed by atoms with Crippen molar-refractivity contribution in [1.29, 1.82) is 0 Å². The lowest BCUT2D eigenvalue weighted by atomic mass is 10.2. The van der Waals surface area contributed by atoms with Crippen molar-refractivity contribution in [3.8, 4) is 0 Å². The van der Waals surface area contributed by atoms with Crippen LogP contribution >= 0.6 is 44.5 Å². The first kappa shape index (κ1) is 14.6. The molecule has 0 aromatic heterocycles. The quantitative estimate of drug-likeness (QED) is 0.733. The molecule has 0 heterocycles. The van der Waals surface area contributed by atoms with E-state index >= 15 is 0 Å². The van der Waals surface area contributed by atoms with Gasteiger partial charge in [-0.25, -0.2) is 0 Å². The first-order chi connectivity index (χ1) is 9.06. The van der Waals surface area contributed by atoms with Gasteiger partial charge >= 0.3 is 0 Å². The summed E-state index contributed by atoms with van der Waals surface area (Å²) >= 11 is 11.0. The van der Waals surface area contributed by atoms with E-state index in [2.05, 4.69) is 49.8 Å². The van der Waals surface area contributed by atoms with E-state index in [1.54, 1.807) is 6.07 Å². The van der Waals surface area contributed by atoms with Crippen LogP contribution in [0.25, 0.3) is 0 Å². The molecular weight excluding hydrogens is 390 g/mol. The number of carbonyl (C=O) groups excluding carboxylic acids is 1. The van der Waals surface area contributed by atoms with Crippen LogP contribution in [0.3, 0.4) is 0 Å². The van der Waals surface area contributed by atoms with E-state index in [1.165, 1.54) is 0 Å². The number of nitrogens with one attached hydrogen (secondary N) is 1. The van der Waals surface area contributed by atoms with Crippen molar-refractivity contribution in [3.05, 3.63) is 62.5 Å². The SMILES string of the molecule is O=C(NCc1ccc(Br)cc1)c1cc(S)ccc1Br. The number of amides is 1. The Kier molecular flexibility index (Phi) is 5.07. The molecule has 0 unspecified atom stereocenters. The van der Waals surface area contributed by atoms with Crippen molar-refractivity contribution < 1.29 is 4.79 Å². The minimum atomic E-state index is -0.120. The molecule has 0 saturated heterocycles. The van der Waals surface area contributed by atoms with Crippen LogP contribution in [0.15, 0.2) is 56.3 Å². The van der Waals surface area contributed by atoms with Gasteiger partial charge < -0.3 is 5.32 Å². The highest BCUT2D eigenvalue weighted by atomic mass is 79.9. The average molecular weight is 401 g/mol. The number of halogens is 2. The highest BCUT2D eigenvalue weighted by molar-refractivity contribution is 9.10. The Labute approximate surface area is 134 Å². The zero-order valence-electron chi connectivity index (χ0n) is 9.86. The number of benzene rings is 2. The van der Waals surface area contributed by atoms with Crippen molar-refractivity contribution in [2.24, 2.45) is 0 Å². The molecule has 2 nitrogen and oxygen atoms in total. The Morgan fingerprint density at radius 1 is 1.11 bits per heavy atom. The Bertz CT molecular complexity index is 599. The summed E-state index contributed by atoms with van der Waals surface area (Å²) in [6.45, 7) is 0.495. The molecule has 0 aliphatic heterocycles. The van der Waals surface area contributed by atoms with Crippen LogP contribution < -0.4 is 5.32 Å². The molecule has 98 valence electrons. The molecular formula is C14H11Br2NOS. The molecule has 0 saturated carbocycles. The number of thiol groups is 1. The molecule has 0 aliphatic carbocycles. The predicted molar refractivity (Wildman–Crippen MR) is 86.7 cm³/mol. The summed E-state index contributed by atoms with van der Waals surface area (Å²) in [5, 5.41) is 2.88. The second-order valence-electron chi connectivity index (χ2n) is 3.97. The van der Waals surface area contributed by atoms with Crippen LogP contribution in [0.2, 0.25) is 0 Å². The summed E-state index contributed by atoms with van der Waals surface area (Å²) in [6.07, 6.45) is 0. The maximum Gasteiger partial charge on any atom is 0.252 e. The van der Waals surface area contributed by atoms with Crippen molar-refractivity contribution >= 4 is 50.4 Å². The molecule has 1 N–H and O–H groups in total. The summed E-state index contributed by atoms with van der Waals surface area (Å²) < 4.78 is 1.78. The summed E-state index contributed by atoms with van der Waals surface area (Å²) in [4.78, 5) is 12.8. The van der Waals surface area contributed by atoms with Gasteiger partial charge in [0.25, 0.3) is 5.91 Å². The molecule has 2 rings (SSSR count). The molecule has 0 aliphatic rings. The molecule has 2 aromatic carbocycles. The van der Waals surface area contributed by atoms with E-state index in [4.69, 9.17) is 0 Å². The van der Waals surface area contributed by atoms with E-state index in [0.29, 0.717) is 12.1 Å². The third-order valence-electron chi connectivity index (χ3n) is 2.56. The topological polar surface area (TPSA) is 29.1 Å². The zero-order valence-corrected chi connectivity index (χ0v) is 13.9. The van der Waals surface area contributed by atoms with Gasteiger partial charge in [0.05, 0.1) is 5.56 Å². The van der Waals surface area contributed by atoms with Crippen LogP contribution in [0.4, 0.5) is 0 Å². The van der Waals surface area contributed by atoms with E-state index in [0.717, 1.165) is 19.4 Å². The summed E-state index contributed by atoms with van der Waals surface area (Å²) in [5.41, 5.74) is 1.64. The molecule has 1 amide bonds. The summed E-state index contributed by atoms with van der Waals surface area (Å²) in [5.74, 6) is -0.120. The Morgan fingerprint density at radius 3 is 2.47 bits per heavy atom. The van der Waals surface area contributed by atoms with Crippen LogP contribution in [0, 0.1) is 0 Å². The van der Waals surface area contributed by atoms with Crippen molar-refractivity contribution in [2.45, 2.75) is 11.4 Å². The second-order valence-corrected chi connectivity index (χ2v) is 6.26. The van der Waals surface area contributed by atoms with Crippen LogP contribution in [0.1, 0.15) is 15.9 Å². The van der Waals surface area contributed by atoms with Gasteiger partial charge in [0.1, 0.15) is 0 Å². The molecule has 0 spiro atoms. The van der Waals surface area contributed by atoms with Gasteiger partial charge in [-0.05, 0) is 51.8 Å². The summed E-state index contributed by atoms with van der Waals surface area (Å²) in [6, 6.07) is 13.2. The van der Waals surface area contributed by atoms with Crippen molar-refractivity contribution in [1.82, 2.24) is 5.32 Å². The van der Waals surface area contributed by atoms with Crippen LogP contribution in [-0.2, 0) is 6.54 Å². The van der Waals surface area contributed by atoms with Gasteiger partial charge in [-0.1, -0.05) is 28.1 Å². The smallest absolute Gasteiger partial charge is 0.252 e. The third-order valence-corrected chi connectivity index (χ3v) is 4.06. The lowest BCUT2D eigenvalue weighted by Gasteiger charge is -2.08. The first-order valence-electron chi connectivity index (χ1n) is 5.57. The van der Waals surface area contributed by atoms with Gasteiger partial charge in [-0.3, -0.25) is 4.79 Å². The Morgan fingerprint density at radius 2 is 1.79 bits per heavy atom. The van der Waals surface area contributed by atoms with E-state index in [9.17, 15) is 4.79 Å². The van der Waals surface area contributed by atoms with E-state index < -0.39 is 0 Å². The Balaban J connectivity index is 2.05. The second kappa shape index (κ2) is 6.59. The lowest BCUT2D eigenvalue weighted by Crippen LogP contribution is -2.23. The number of rotatable bonds is 3. The molecule has 19 heavy (non-hydrogen) atoms. The normalized spacial score (nSPS) is 10.3. The van der Waals surface area contributed by atoms with Crippen LogP contribution in [-0.4, -0.2) is 5.91 Å². The van der Waals surface area contributed by atoms with Gasteiger partial charge in [0.15, 0.2) is 0 Å². The minimum absolute atomic E-state index is 0.120. The van der Waals surface area contributed by atoms with Gasteiger partial charge in [-0.15, -0.1) is 12.6 Å². The minimum Gasteiger partial charge on any atom is -0.348 e. The molecule has 0 bridgehead atoms. The third kappa shape index (κ3) is 4.09. The first-order valence-corrected chi connectivity index (χ1v) is 7.61. The number of carbonyl (C=O) groups is 1. The lowest BCUT2D eigenvalue weighted by molar-refractivity contribution is 0.0950. The number of hydrogen-bond donors (Lipinski definition) is 2. The van der Waals surface area contributed by atoms with Crippen molar-refractivity contribution in [2.75, 3.05) is 0 Å². The van der Waals surface area contributed by atoms with E-state index in [-0.39, 0.29) is 5.91 Å². The maximum absolute atomic E-state index is 12.1. The van der Waals surface area contributed by atoms with E-state index in [1.807, 2.05) is 36.4 Å². The predicted octanol–water partition coefficient (Wildman–Crippen LogP) is 4.43. The standard InChI is InChI=1S/C14H11Br2NOS/c15-10-3-1-9(2-4-10)8-17-14(18)12-7-11(19)5-6-13(12)16/h1-7,19H,8H2,(H,17,18). The van der Waals surface area contributed by atoms with Gasteiger partial charge in [-0.2, -0.15) is 0 Å². The van der Waals surface area contributed by atoms with Crippen LogP contribution in [0.5, 0.6) is 0 Å². The zero-order chi connectivity index (χ0) is 13.8. The maximum atomic E-state index is 12.1. The molecule has 0 fully saturated rings. The van der Waals surface area contributed by atoms with Crippen molar-refractivity contribution in [3.63, 3.8) is 0 Å². The fourth-order valence-corrected chi connectivity index (χ4v) is 2.46. The van der Waals surface area contributed by atoms with Gasteiger partial charge in [0, 0.05) is 20.4 Å².